The SMILES string of the molecule is Cc1[nH]c2c(NC(=O)c3cc(Cl)nc(Cl)c3)cccc2c1C. The zero-order valence-corrected chi connectivity index (χ0v) is 13.5. The largest absolute Gasteiger partial charge is 0.357 e. The molecule has 0 spiro atoms. The summed E-state index contributed by atoms with van der Waals surface area (Å²) in [5, 5.41) is 4.33. The summed E-state index contributed by atoms with van der Waals surface area (Å²) in [5.74, 6) is -0.288. The summed E-state index contributed by atoms with van der Waals surface area (Å²) < 4.78 is 0. The lowest BCUT2D eigenvalue weighted by molar-refractivity contribution is 0.102. The number of carbonyl (C=O) groups is 1. The standard InChI is InChI=1S/C16H13Cl2N3O/c1-8-9(2)19-15-11(8)4-3-5-12(15)20-16(22)10-6-13(17)21-14(18)7-10/h3-7,19H,1-2H3,(H,20,22). The molecule has 0 aliphatic rings. The number of H-pyrrole nitrogens is 1. The van der Waals surface area contributed by atoms with Gasteiger partial charge in [-0.1, -0.05) is 35.3 Å². The zero-order chi connectivity index (χ0) is 15.9. The van der Waals surface area contributed by atoms with Gasteiger partial charge in [0.15, 0.2) is 0 Å². The number of nitrogens with one attached hydrogen (secondary N) is 2. The van der Waals surface area contributed by atoms with Gasteiger partial charge in [0.25, 0.3) is 5.91 Å². The van der Waals surface area contributed by atoms with Gasteiger partial charge in [0.2, 0.25) is 0 Å². The van der Waals surface area contributed by atoms with E-state index < -0.39 is 0 Å². The van der Waals surface area contributed by atoms with E-state index in [-0.39, 0.29) is 16.2 Å². The molecule has 2 aromatic heterocycles. The second-order valence-corrected chi connectivity index (χ2v) is 5.83. The normalized spacial score (nSPS) is 10.9. The highest BCUT2D eigenvalue weighted by molar-refractivity contribution is 6.33. The van der Waals surface area contributed by atoms with Crippen molar-refractivity contribution in [3.63, 3.8) is 0 Å². The Morgan fingerprint density at radius 3 is 2.55 bits per heavy atom. The molecular weight excluding hydrogens is 321 g/mol. The number of fused-ring (bicyclic) bond motifs is 1. The molecule has 1 amide bonds. The number of amides is 1. The maximum absolute atomic E-state index is 12.4. The summed E-state index contributed by atoms with van der Waals surface area (Å²) in [6, 6.07) is 8.73. The summed E-state index contributed by atoms with van der Waals surface area (Å²) in [5.41, 5.74) is 4.22. The Hall–Kier alpha value is -2.04. The fourth-order valence-corrected chi connectivity index (χ4v) is 2.84. The lowest BCUT2D eigenvalue weighted by Crippen LogP contribution is -2.12. The molecule has 3 rings (SSSR count). The minimum absolute atomic E-state index is 0.183. The van der Waals surface area contributed by atoms with E-state index in [4.69, 9.17) is 23.2 Å². The van der Waals surface area contributed by atoms with Gasteiger partial charge in [0, 0.05) is 16.6 Å². The van der Waals surface area contributed by atoms with Crippen LogP contribution < -0.4 is 5.32 Å². The van der Waals surface area contributed by atoms with Crippen LogP contribution >= 0.6 is 23.2 Å². The van der Waals surface area contributed by atoms with Gasteiger partial charge in [-0.15, -0.1) is 0 Å². The molecule has 0 radical (unpaired) electrons. The molecule has 6 heteroatoms. The third-order valence-electron chi connectivity index (χ3n) is 3.62. The molecule has 0 saturated heterocycles. The highest BCUT2D eigenvalue weighted by Gasteiger charge is 2.13. The first-order valence-corrected chi connectivity index (χ1v) is 7.43. The number of hydrogen-bond acceptors (Lipinski definition) is 2. The first kappa shape index (κ1) is 14.9. The molecule has 1 aromatic carbocycles. The predicted molar refractivity (Wildman–Crippen MR) is 90.0 cm³/mol. The molecule has 4 nitrogen and oxygen atoms in total. The number of anilines is 1. The average molecular weight is 334 g/mol. The molecule has 0 aliphatic heterocycles. The lowest BCUT2D eigenvalue weighted by atomic mass is 10.1. The average Bonchev–Trinajstić information content (AvgIpc) is 2.75. The molecule has 112 valence electrons. The van der Waals surface area contributed by atoms with E-state index in [9.17, 15) is 4.79 Å². The van der Waals surface area contributed by atoms with Crippen molar-refractivity contribution in [2.75, 3.05) is 5.32 Å². The third-order valence-corrected chi connectivity index (χ3v) is 4.00. The highest BCUT2D eigenvalue weighted by Crippen LogP contribution is 2.28. The van der Waals surface area contributed by atoms with Gasteiger partial charge < -0.3 is 10.3 Å². The van der Waals surface area contributed by atoms with Crippen LogP contribution in [0, 0.1) is 13.8 Å². The fraction of sp³-hybridized carbons (Fsp3) is 0.125. The van der Waals surface area contributed by atoms with Gasteiger partial charge in [-0.3, -0.25) is 4.79 Å². The van der Waals surface area contributed by atoms with Crippen molar-refractivity contribution in [1.82, 2.24) is 9.97 Å². The summed E-state index contributed by atoms with van der Waals surface area (Å²) in [4.78, 5) is 19.5. The summed E-state index contributed by atoms with van der Waals surface area (Å²) >= 11 is 11.7. The van der Waals surface area contributed by atoms with Crippen molar-refractivity contribution in [2.45, 2.75) is 13.8 Å². The molecule has 0 fully saturated rings. The van der Waals surface area contributed by atoms with Crippen LogP contribution in [0.25, 0.3) is 10.9 Å². The minimum Gasteiger partial charge on any atom is -0.357 e. The van der Waals surface area contributed by atoms with Gasteiger partial charge in [-0.25, -0.2) is 4.98 Å². The van der Waals surface area contributed by atoms with Gasteiger partial charge >= 0.3 is 0 Å². The number of aryl methyl sites for hydroxylation is 2. The zero-order valence-electron chi connectivity index (χ0n) is 12.0. The van der Waals surface area contributed by atoms with Crippen molar-refractivity contribution < 1.29 is 4.79 Å². The highest BCUT2D eigenvalue weighted by atomic mass is 35.5. The second-order valence-electron chi connectivity index (χ2n) is 5.06. The lowest BCUT2D eigenvalue weighted by Gasteiger charge is -2.07. The Kier molecular flexibility index (Phi) is 3.81. The number of rotatable bonds is 2. The molecule has 2 N–H and O–H groups in total. The Morgan fingerprint density at radius 2 is 1.86 bits per heavy atom. The van der Waals surface area contributed by atoms with Gasteiger partial charge in [0.05, 0.1) is 11.2 Å². The molecule has 0 aliphatic carbocycles. The number of aromatic amines is 1. The van der Waals surface area contributed by atoms with Crippen LogP contribution in [-0.4, -0.2) is 15.9 Å². The van der Waals surface area contributed by atoms with E-state index in [1.807, 2.05) is 32.0 Å². The van der Waals surface area contributed by atoms with Crippen LogP contribution in [0.2, 0.25) is 10.3 Å². The van der Waals surface area contributed by atoms with E-state index in [0.717, 1.165) is 16.6 Å². The topological polar surface area (TPSA) is 57.8 Å². The quantitative estimate of drug-likeness (QED) is 0.665. The summed E-state index contributed by atoms with van der Waals surface area (Å²) in [6.07, 6.45) is 0. The van der Waals surface area contributed by atoms with Gasteiger partial charge in [-0.05, 0) is 37.6 Å². The maximum atomic E-state index is 12.4. The molecule has 2 heterocycles. The number of carbonyl (C=O) groups excluding carboxylic acids is 1. The van der Waals surface area contributed by atoms with Crippen molar-refractivity contribution in [2.24, 2.45) is 0 Å². The third kappa shape index (κ3) is 2.67. The molecule has 0 saturated carbocycles. The number of nitrogens with zero attached hydrogens (tertiary/aromatic N) is 1. The van der Waals surface area contributed by atoms with Crippen molar-refractivity contribution in [3.05, 3.63) is 57.5 Å². The molecule has 0 atom stereocenters. The van der Waals surface area contributed by atoms with Crippen LogP contribution in [0.15, 0.2) is 30.3 Å². The molecule has 0 unspecified atom stereocenters. The Labute approximate surface area is 137 Å². The number of para-hydroxylation sites is 1. The van der Waals surface area contributed by atoms with Crippen molar-refractivity contribution >= 4 is 45.7 Å². The van der Waals surface area contributed by atoms with Crippen molar-refractivity contribution in [3.8, 4) is 0 Å². The Balaban J connectivity index is 1.99. The number of pyridine rings is 1. The Bertz CT molecular complexity index is 866. The molecule has 3 aromatic rings. The van der Waals surface area contributed by atoms with E-state index in [1.165, 1.54) is 17.7 Å². The van der Waals surface area contributed by atoms with E-state index in [2.05, 4.69) is 15.3 Å². The minimum atomic E-state index is -0.288. The summed E-state index contributed by atoms with van der Waals surface area (Å²) in [6.45, 7) is 4.05. The smallest absolute Gasteiger partial charge is 0.255 e. The van der Waals surface area contributed by atoms with Gasteiger partial charge in [-0.2, -0.15) is 0 Å². The van der Waals surface area contributed by atoms with Crippen molar-refractivity contribution in [1.29, 1.82) is 0 Å². The van der Waals surface area contributed by atoms with E-state index in [0.29, 0.717) is 11.3 Å². The Morgan fingerprint density at radius 1 is 1.18 bits per heavy atom. The van der Waals surface area contributed by atoms with Gasteiger partial charge in [0.1, 0.15) is 10.3 Å². The number of benzene rings is 1. The monoisotopic (exact) mass is 333 g/mol. The van der Waals surface area contributed by atoms with E-state index in [1.54, 1.807) is 0 Å². The van der Waals surface area contributed by atoms with Crippen LogP contribution in [0.4, 0.5) is 5.69 Å². The number of hydrogen-bond donors (Lipinski definition) is 2. The predicted octanol–water partition coefficient (Wildman–Crippen LogP) is 4.74. The van der Waals surface area contributed by atoms with Crippen LogP contribution in [-0.2, 0) is 0 Å². The first-order valence-electron chi connectivity index (χ1n) is 6.68. The number of halogens is 2. The van der Waals surface area contributed by atoms with E-state index >= 15 is 0 Å². The molecule has 22 heavy (non-hydrogen) atoms. The van der Waals surface area contributed by atoms with Crippen LogP contribution in [0.5, 0.6) is 0 Å². The molecular formula is C16H13Cl2N3O. The number of aromatic nitrogens is 2. The first-order chi connectivity index (χ1) is 10.5. The summed E-state index contributed by atoms with van der Waals surface area (Å²) in [7, 11) is 0. The maximum Gasteiger partial charge on any atom is 0.255 e. The van der Waals surface area contributed by atoms with Crippen LogP contribution in [0.3, 0.4) is 0 Å². The fourth-order valence-electron chi connectivity index (χ4n) is 2.38. The van der Waals surface area contributed by atoms with Crippen LogP contribution in [0.1, 0.15) is 21.6 Å². The second kappa shape index (κ2) is 5.63. The molecule has 0 bridgehead atoms.